The summed E-state index contributed by atoms with van der Waals surface area (Å²) >= 11 is 5.99. The third-order valence-electron chi connectivity index (χ3n) is 5.14. The van der Waals surface area contributed by atoms with Crippen LogP contribution in [-0.2, 0) is 23.3 Å². The lowest BCUT2D eigenvalue weighted by atomic mass is 9.80. The Hall–Kier alpha value is -1.69. The highest BCUT2D eigenvalue weighted by Gasteiger charge is 2.44. The molecule has 132 valence electrons. The van der Waals surface area contributed by atoms with Crippen molar-refractivity contribution < 1.29 is 4.74 Å². The molecule has 0 aliphatic carbocycles. The molecule has 2 aromatic rings. The quantitative estimate of drug-likeness (QED) is 0.844. The van der Waals surface area contributed by atoms with E-state index in [2.05, 4.69) is 22.0 Å². The van der Waals surface area contributed by atoms with Gasteiger partial charge < -0.3 is 9.64 Å². The summed E-state index contributed by atoms with van der Waals surface area (Å²) in [6.07, 6.45) is 3.00. The largest absolute Gasteiger partial charge is 0.376 e. The SMILES string of the molecule is CN(C)c1ncc2c(n1)[C@@]1(CCN(Cc3ccc(Cl)cc3)C1)COC2. The number of ether oxygens (including phenoxy) is 1. The summed E-state index contributed by atoms with van der Waals surface area (Å²) in [7, 11) is 3.96. The van der Waals surface area contributed by atoms with Crippen molar-refractivity contribution >= 4 is 17.5 Å². The van der Waals surface area contributed by atoms with Crippen LogP contribution in [0.4, 0.5) is 5.95 Å². The maximum absolute atomic E-state index is 5.99. The molecule has 0 N–H and O–H groups in total. The van der Waals surface area contributed by atoms with Crippen LogP contribution in [0.2, 0.25) is 5.02 Å². The first-order valence-corrected chi connectivity index (χ1v) is 9.02. The zero-order chi connectivity index (χ0) is 17.4. The molecular weight excluding hydrogens is 336 g/mol. The molecule has 25 heavy (non-hydrogen) atoms. The molecule has 2 aliphatic rings. The Bertz CT molecular complexity index is 765. The Labute approximate surface area is 153 Å². The molecule has 1 spiro atoms. The maximum atomic E-state index is 5.99. The molecule has 0 saturated carbocycles. The van der Waals surface area contributed by atoms with Crippen molar-refractivity contribution in [2.75, 3.05) is 38.7 Å². The normalized spacial score (nSPS) is 23.0. The molecule has 1 fully saturated rings. The fourth-order valence-electron chi connectivity index (χ4n) is 3.85. The number of aromatic nitrogens is 2. The zero-order valence-electron chi connectivity index (χ0n) is 14.7. The van der Waals surface area contributed by atoms with Crippen LogP contribution in [0.25, 0.3) is 0 Å². The summed E-state index contributed by atoms with van der Waals surface area (Å²) < 4.78 is 5.91. The standard InChI is InChI=1S/C19H23ClN4O/c1-23(2)18-21-9-15-11-25-13-19(17(15)22-18)7-8-24(12-19)10-14-3-5-16(20)6-4-14/h3-6,9H,7-8,10-13H2,1-2H3/t19-/m1/s1. The van der Waals surface area contributed by atoms with Gasteiger partial charge in [0.05, 0.1) is 24.3 Å². The van der Waals surface area contributed by atoms with Crippen LogP contribution in [0.1, 0.15) is 23.2 Å². The molecule has 1 atom stereocenters. The molecule has 0 unspecified atom stereocenters. The monoisotopic (exact) mass is 358 g/mol. The number of halogens is 1. The minimum Gasteiger partial charge on any atom is -0.376 e. The van der Waals surface area contributed by atoms with Crippen LogP contribution < -0.4 is 4.90 Å². The number of rotatable bonds is 3. The van der Waals surface area contributed by atoms with Crippen LogP contribution in [-0.4, -0.2) is 48.7 Å². The molecule has 1 aromatic carbocycles. The molecule has 5 nitrogen and oxygen atoms in total. The lowest BCUT2D eigenvalue weighted by molar-refractivity contribution is 0.0503. The van der Waals surface area contributed by atoms with E-state index in [1.165, 1.54) is 11.3 Å². The van der Waals surface area contributed by atoms with Crippen molar-refractivity contribution in [3.8, 4) is 0 Å². The van der Waals surface area contributed by atoms with Crippen molar-refractivity contribution in [2.45, 2.75) is 25.0 Å². The summed E-state index contributed by atoms with van der Waals surface area (Å²) in [6, 6.07) is 8.12. The molecule has 1 aromatic heterocycles. The van der Waals surface area contributed by atoms with Gasteiger partial charge in [0, 0.05) is 44.0 Å². The Morgan fingerprint density at radius 3 is 2.84 bits per heavy atom. The fourth-order valence-corrected chi connectivity index (χ4v) is 3.98. The van der Waals surface area contributed by atoms with E-state index in [-0.39, 0.29) is 5.41 Å². The molecule has 2 aliphatic heterocycles. The number of fused-ring (bicyclic) bond motifs is 2. The molecule has 3 heterocycles. The summed E-state index contributed by atoms with van der Waals surface area (Å²) in [5, 5.41) is 0.782. The average molecular weight is 359 g/mol. The fraction of sp³-hybridized carbons (Fsp3) is 0.474. The minimum atomic E-state index is -0.0201. The van der Waals surface area contributed by atoms with Gasteiger partial charge in [-0.1, -0.05) is 23.7 Å². The van der Waals surface area contributed by atoms with Gasteiger partial charge in [0.15, 0.2) is 0 Å². The Morgan fingerprint density at radius 2 is 2.08 bits per heavy atom. The summed E-state index contributed by atoms with van der Waals surface area (Å²) in [6.45, 7) is 4.29. The Kier molecular flexibility index (Phi) is 4.40. The van der Waals surface area contributed by atoms with Gasteiger partial charge in [-0.2, -0.15) is 0 Å². The summed E-state index contributed by atoms with van der Waals surface area (Å²) in [4.78, 5) is 13.8. The van der Waals surface area contributed by atoms with Gasteiger partial charge in [-0.15, -0.1) is 0 Å². The van der Waals surface area contributed by atoms with Crippen LogP contribution in [0.15, 0.2) is 30.5 Å². The van der Waals surface area contributed by atoms with Crippen molar-refractivity contribution in [3.05, 3.63) is 52.3 Å². The van der Waals surface area contributed by atoms with E-state index in [9.17, 15) is 0 Å². The van der Waals surface area contributed by atoms with E-state index in [4.69, 9.17) is 21.3 Å². The maximum Gasteiger partial charge on any atom is 0.225 e. The highest BCUT2D eigenvalue weighted by Crippen LogP contribution is 2.39. The number of anilines is 1. The van der Waals surface area contributed by atoms with E-state index < -0.39 is 0 Å². The number of likely N-dealkylation sites (tertiary alicyclic amines) is 1. The van der Waals surface area contributed by atoms with Crippen molar-refractivity contribution in [1.82, 2.24) is 14.9 Å². The Morgan fingerprint density at radius 1 is 1.28 bits per heavy atom. The third kappa shape index (κ3) is 3.24. The first kappa shape index (κ1) is 16.8. The molecule has 6 heteroatoms. The topological polar surface area (TPSA) is 41.5 Å². The van der Waals surface area contributed by atoms with Crippen LogP contribution in [0.5, 0.6) is 0 Å². The summed E-state index contributed by atoms with van der Waals surface area (Å²) in [5.74, 6) is 0.774. The second kappa shape index (κ2) is 6.56. The number of benzene rings is 1. The van der Waals surface area contributed by atoms with E-state index in [0.717, 1.165) is 49.2 Å². The molecule has 0 bridgehead atoms. The number of nitrogens with zero attached hydrogens (tertiary/aromatic N) is 4. The van der Waals surface area contributed by atoms with Crippen LogP contribution >= 0.6 is 11.6 Å². The smallest absolute Gasteiger partial charge is 0.225 e. The van der Waals surface area contributed by atoms with E-state index >= 15 is 0 Å². The van der Waals surface area contributed by atoms with Gasteiger partial charge in [-0.25, -0.2) is 9.97 Å². The summed E-state index contributed by atoms with van der Waals surface area (Å²) in [5.41, 5.74) is 3.57. The second-order valence-corrected chi connectivity index (χ2v) is 7.73. The highest BCUT2D eigenvalue weighted by atomic mass is 35.5. The number of hydrogen-bond donors (Lipinski definition) is 0. The van der Waals surface area contributed by atoms with Gasteiger partial charge in [-0.05, 0) is 30.7 Å². The predicted molar refractivity (Wildman–Crippen MR) is 99.0 cm³/mol. The predicted octanol–water partition coefficient (Wildman–Crippen LogP) is 2.87. The van der Waals surface area contributed by atoms with Crippen LogP contribution in [0, 0.1) is 0 Å². The Balaban J connectivity index is 1.58. The highest BCUT2D eigenvalue weighted by molar-refractivity contribution is 6.30. The van der Waals surface area contributed by atoms with E-state index in [1.807, 2.05) is 37.3 Å². The van der Waals surface area contributed by atoms with E-state index in [1.54, 1.807) is 0 Å². The second-order valence-electron chi connectivity index (χ2n) is 7.30. The molecule has 0 radical (unpaired) electrons. The van der Waals surface area contributed by atoms with Gasteiger partial charge in [0.1, 0.15) is 0 Å². The molecule has 0 amide bonds. The van der Waals surface area contributed by atoms with Crippen molar-refractivity contribution in [3.63, 3.8) is 0 Å². The zero-order valence-corrected chi connectivity index (χ0v) is 15.5. The molecular formula is C19H23ClN4O. The lowest BCUT2D eigenvalue weighted by Crippen LogP contribution is -2.40. The van der Waals surface area contributed by atoms with Crippen molar-refractivity contribution in [2.24, 2.45) is 0 Å². The number of hydrogen-bond acceptors (Lipinski definition) is 5. The molecule has 4 rings (SSSR count). The van der Waals surface area contributed by atoms with E-state index in [0.29, 0.717) is 6.61 Å². The van der Waals surface area contributed by atoms with Gasteiger partial charge in [-0.3, -0.25) is 4.90 Å². The molecule has 1 saturated heterocycles. The minimum absolute atomic E-state index is 0.0201. The van der Waals surface area contributed by atoms with Gasteiger partial charge >= 0.3 is 0 Å². The van der Waals surface area contributed by atoms with Gasteiger partial charge in [0.25, 0.3) is 0 Å². The average Bonchev–Trinajstić information content (AvgIpc) is 3.00. The lowest BCUT2D eigenvalue weighted by Gasteiger charge is -2.34. The van der Waals surface area contributed by atoms with Crippen molar-refractivity contribution in [1.29, 1.82) is 0 Å². The van der Waals surface area contributed by atoms with Gasteiger partial charge in [0.2, 0.25) is 5.95 Å². The third-order valence-corrected chi connectivity index (χ3v) is 5.39. The van der Waals surface area contributed by atoms with Crippen LogP contribution in [0.3, 0.4) is 0 Å². The first-order chi connectivity index (χ1) is 12.1. The first-order valence-electron chi connectivity index (χ1n) is 8.64.